The zero-order valence-corrected chi connectivity index (χ0v) is 10.2. The Morgan fingerprint density at radius 3 is 2.81 bits per heavy atom. The fourth-order valence-corrected chi connectivity index (χ4v) is 2.08. The minimum Gasteiger partial charge on any atom is -0.466 e. The smallest absolute Gasteiger partial charge is 0.309 e. The maximum atomic E-state index is 13.3. The molecule has 4 heteroatoms. The molecule has 0 spiro atoms. The van der Waals surface area contributed by atoms with E-state index in [0.29, 0.717) is 17.3 Å². The number of benzene rings is 1. The van der Waals surface area contributed by atoms with Crippen molar-refractivity contribution in [2.75, 3.05) is 12.4 Å². The van der Waals surface area contributed by atoms with Gasteiger partial charge in [-0.3, -0.25) is 4.79 Å². The van der Waals surface area contributed by atoms with Gasteiger partial charge in [0.2, 0.25) is 0 Å². The van der Waals surface area contributed by atoms with Gasteiger partial charge in [-0.15, -0.1) is 11.8 Å². The fraction of sp³-hybridized carbons (Fsp3) is 0.417. The highest BCUT2D eigenvalue weighted by molar-refractivity contribution is 7.99. The number of ether oxygens (including phenoxy) is 1. The lowest BCUT2D eigenvalue weighted by Gasteiger charge is -2.10. The van der Waals surface area contributed by atoms with Crippen LogP contribution in [-0.2, 0) is 9.53 Å². The predicted octanol–water partition coefficient (Wildman–Crippen LogP) is 3.12. The quantitative estimate of drug-likeness (QED) is 0.586. The summed E-state index contributed by atoms with van der Waals surface area (Å²) in [5, 5.41) is 0. The SMILES string of the molecule is CCOC(=O)C(C)CSc1ccccc1F. The van der Waals surface area contributed by atoms with Gasteiger partial charge >= 0.3 is 5.97 Å². The van der Waals surface area contributed by atoms with E-state index in [4.69, 9.17) is 4.74 Å². The number of carbonyl (C=O) groups is 1. The molecule has 0 aliphatic carbocycles. The zero-order chi connectivity index (χ0) is 12.0. The van der Waals surface area contributed by atoms with Crippen LogP contribution in [0, 0.1) is 11.7 Å². The summed E-state index contributed by atoms with van der Waals surface area (Å²) in [6.07, 6.45) is 0. The molecule has 1 unspecified atom stereocenters. The summed E-state index contributed by atoms with van der Waals surface area (Å²) in [5.74, 6) is -0.167. The predicted molar refractivity (Wildman–Crippen MR) is 62.9 cm³/mol. The third kappa shape index (κ3) is 3.85. The molecule has 2 nitrogen and oxygen atoms in total. The summed E-state index contributed by atoms with van der Waals surface area (Å²) in [6.45, 7) is 3.94. The molecule has 0 heterocycles. The average molecular weight is 242 g/mol. The Labute approximate surface area is 99.2 Å². The number of hydrogen-bond acceptors (Lipinski definition) is 3. The maximum Gasteiger partial charge on any atom is 0.309 e. The number of esters is 1. The third-order valence-corrected chi connectivity index (χ3v) is 3.32. The minimum absolute atomic E-state index is 0.218. The Bertz CT molecular complexity index is 355. The van der Waals surface area contributed by atoms with Crippen molar-refractivity contribution in [2.45, 2.75) is 18.7 Å². The van der Waals surface area contributed by atoms with Gasteiger partial charge in [-0.1, -0.05) is 19.1 Å². The molecular formula is C12H15FO2S. The van der Waals surface area contributed by atoms with Gasteiger partial charge in [0.1, 0.15) is 5.82 Å². The van der Waals surface area contributed by atoms with Gasteiger partial charge in [-0.2, -0.15) is 0 Å². The summed E-state index contributed by atoms with van der Waals surface area (Å²) in [4.78, 5) is 11.9. The molecule has 88 valence electrons. The molecule has 0 saturated heterocycles. The molecule has 16 heavy (non-hydrogen) atoms. The van der Waals surface area contributed by atoms with E-state index >= 15 is 0 Å². The molecule has 0 bridgehead atoms. The minimum atomic E-state index is -0.247. The van der Waals surface area contributed by atoms with Crippen LogP contribution in [0.15, 0.2) is 29.2 Å². The maximum absolute atomic E-state index is 13.3. The summed E-state index contributed by atoms with van der Waals surface area (Å²) in [6, 6.07) is 6.55. The Hall–Kier alpha value is -1.03. The second-order valence-electron chi connectivity index (χ2n) is 3.39. The van der Waals surface area contributed by atoms with Gasteiger partial charge in [0.05, 0.1) is 12.5 Å². The highest BCUT2D eigenvalue weighted by Crippen LogP contribution is 2.23. The molecule has 1 aromatic rings. The van der Waals surface area contributed by atoms with Gasteiger partial charge in [0.25, 0.3) is 0 Å². The molecule has 1 atom stereocenters. The molecule has 0 aromatic heterocycles. The first kappa shape index (κ1) is 13.0. The van der Waals surface area contributed by atoms with Crippen molar-refractivity contribution in [3.8, 4) is 0 Å². The Morgan fingerprint density at radius 2 is 2.19 bits per heavy atom. The van der Waals surface area contributed by atoms with Crippen molar-refractivity contribution < 1.29 is 13.9 Å². The topological polar surface area (TPSA) is 26.3 Å². The Balaban J connectivity index is 2.46. The van der Waals surface area contributed by atoms with Gasteiger partial charge in [-0.25, -0.2) is 4.39 Å². The summed E-state index contributed by atoms with van der Waals surface area (Å²) < 4.78 is 18.1. The van der Waals surface area contributed by atoms with Crippen molar-refractivity contribution in [2.24, 2.45) is 5.92 Å². The number of carbonyl (C=O) groups excluding carboxylic acids is 1. The van der Waals surface area contributed by atoms with Crippen molar-refractivity contribution in [1.82, 2.24) is 0 Å². The van der Waals surface area contributed by atoms with Gasteiger partial charge in [0.15, 0.2) is 0 Å². The van der Waals surface area contributed by atoms with E-state index in [-0.39, 0.29) is 17.7 Å². The zero-order valence-electron chi connectivity index (χ0n) is 9.40. The van der Waals surface area contributed by atoms with Crippen LogP contribution in [0.2, 0.25) is 0 Å². The van der Waals surface area contributed by atoms with Crippen LogP contribution in [0.3, 0.4) is 0 Å². The lowest BCUT2D eigenvalue weighted by Crippen LogP contribution is -2.16. The highest BCUT2D eigenvalue weighted by atomic mass is 32.2. The van der Waals surface area contributed by atoms with Gasteiger partial charge < -0.3 is 4.74 Å². The van der Waals surface area contributed by atoms with E-state index in [0.717, 1.165) is 0 Å². The van der Waals surface area contributed by atoms with E-state index in [9.17, 15) is 9.18 Å². The fourth-order valence-electron chi connectivity index (χ4n) is 1.13. The second kappa shape index (κ2) is 6.53. The van der Waals surface area contributed by atoms with E-state index < -0.39 is 0 Å². The number of halogens is 1. The summed E-state index contributed by atoms with van der Waals surface area (Å²) in [5.41, 5.74) is 0. The van der Waals surface area contributed by atoms with E-state index in [1.54, 1.807) is 32.0 Å². The Kier molecular flexibility index (Phi) is 5.32. The van der Waals surface area contributed by atoms with Crippen LogP contribution in [0.25, 0.3) is 0 Å². The van der Waals surface area contributed by atoms with Crippen LogP contribution in [0.4, 0.5) is 4.39 Å². The molecule has 0 fully saturated rings. The van der Waals surface area contributed by atoms with Crippen molar-refractivity contribution in [1.29, 1.82) is 0 Å². The molecule has 0 amide bonds. The van der Waals surface area contributed by atoms with Crippen molar-refractivity contribution in [3.05, 3.63) is 30.1 Å². The first-order chi connectivity index (χ1) is 7.65. The van der Waals surface area contributed by atoms with Crippen molar-refractivity contribution in [3.63, 3.8) is 0 Å². The normalized spacial score (nSPS) is 12.2. The van der Waals surface area contributed by atoms with Crippen LogP contribution in [0.1, 0.15) is 13.8 Å². The molecule has 1 rings (SSSR count). The monoisotopic (exact) mass is 242 g/mol. The third-order valence-electron chi connectivity index (χ3n) is 2.01. The van der Waals surface area contributed by atoms with Crippen LogP contribution >= 0.6 is 11.8 Å². The van der Waals surface area contributed by atoms with Crippen LogP contribution in [0.5, 0.6) is 0 Å². The lowest BCUT2D eigenvalue weighted by atomic mass is 10.2. The molecule has 0 saturated carbocycles. The van der Waals surface area contributed by atoms with Gasteiger partial charge in [-0.05, 0) is 19.1 Å². The van der Waals surface area contributed by atoms with Crippen molar-refractivity contribution >= 4 is 17.7 Å². The average Bonchev–Trinajstić information content (AvgIpc) is 2.28. The first-order valence-corrected chi connectivity index (χ1v) is 6.17. The Morgan fingerprint density at radius 1 is 1.50 bits per heavy atom. The van der Waals surface area contributed by atoms with Gasteiger partial charge in [0, 0.05) is 10.6 Å². The summed E-state index contributed by atoms with van der Waals surface area (Å²) in [7, 11) is 0. The highest BCUT2D eigenvalue weighted by Gasteiger charge is 2.14. The standard InChI is InChI=1S/C12H15FO2S/c1-3-15-12(14)9(2)8-16-11-7-5-4-6-10(11)13/h4-7,9H,3,8H2,1-2H3. The molecule has 0 radical (unpaired) electrons. The van der Waals surface area contributed by atoms with Crippen LogP contribution < -0.4 is 0 Å². The van der Waals surface area contributed by atoms with Crippen LogP contribution in [-0.4, -0.2) is 18.3 Å². The second-order valence-corrected chi connectivity index (χ2v) is 4.46. The van der Waals surface area contributed by atoms with E-state index in [1.165, 1.54) is 17.8 Å². The number of thioether (sulfide) groups is 1. The lowest BCUT2D eigenvalue weighted by molar-refractivity contribution is -0.146. The van der Waals surface area contributed by atoms with E-state index in [2.05, 4.69) is 0 Å². The summed E-state index contributed by atoms with van der Waals surface area (Å²) >= 11 is 1.33. The molecule has 1 aromatic carbocycles. The number of rotatable bonds is 5. The largest absolute Gasteiger partial charge is 0.466 e. The first-order valence-electron chi connectivity index (χ1n) is 5.19. The molecule has 0 aliphatic heterocycles. The molecule has 0 N–H and O–H groups in total. The molecule has 0 aliphatic rings. The van der Waals surface area contributed by atoms with E-state index in [1.807, 2.05) is 0 Å². The molecular weight excluding hydrogens is 227 g/mol. The number of hydrogen-bond donors (Lipinski definition) is 0.